The second kappa shape index (κ2) is 9.12. The van der Waals surface area contributed by atoms with Gasteiger partial charge in [-0.05, 0) is 49.1 Å². The van der Waals surface area contributed by atoms with E-state index < -0.39 is 6.04 Å². The molecule has 1 atom stereocenters. The van der Waals surface area contributed by atoms with Crippen LogP contribution in [0.2, 0.25) is 0 Å². The molecular formula is C24H31N3O2. The molecule has 1 aliphatic heterocycles. The van der Waals surface area contributed by atoms with Crippen LogP contribution in [-0.4, -0.2) is 48.9 Å². The van der Waals surface area contributed by atoms with Crippen LogP contribution < -0.4 is 10.2 Å². The standard InChI is InChI=1S/C24H31N3O2/c1-17(2)22(25-23(28)20-10-6-5-7-11-20)24(29)27-15-13-26(14-16-27)21-12-8-9-18(3)19(21)4/h5-12,17,22H,13-16H2,1-4H3,(H,25,28). The molecule has 1 N–H and O–H groups in total. The van der Waals surface area contributed by atoms with Gasteiger partial charge in [0.15, 0.2) is 0 Å². The Labute approximate surface area is 173 Å². The highest BCUT2D eigenvalue weighted by atomic mass is 16.2. The number of hydrogen-bond acceptors (Lipinski definition) is 3. The van der Waals surface area contributed by atoms with Crippen LogP contribution in [0.3, 0.4) is 0 Å². The molecule has 2 aromatic rings. The van der Waals surface area contributed by atoms with E-state index in [-0.39, 0.29) is 17.7 Å². The number of nitrogens with zero attached hydrogens (tertiary/aromatic N) is 2. The van der Waals surface area contributed by atoms with Crippen LogP contribution in [0.4, 0.5) is 5.69 Å². The van der Waals surface area contributed by atoms with Crippen molar-refractivity contribution in [3.63, 3.8) is 0 Å². The Morgan fingerprint density at radius 3 is 2.17 bits per heavy atom. The molecule has 0 aliphatic carbocycles. The molecule has 5 heteroatoms. The van der Waals surface area contributed by atoms with Crippen molar-refractivity contribution in [3.8, 4) is 0 Å². The quantitative estimate of drug-likeness (QED) is 0.847. The first-order valence-electron chi connectivity index (χ1n) is 10.3. The first kappa shape index (κ1) is 20.9. The Balaban J connectivity index is 1.64. The Bertz CT molecular complexity index is 856. The van der Waals surface area contributed by atoms with Gasteiger partial charge in [0.1, 0.15) is 6.04 Å². The van der Waals surface area contributed by atoms with Crippen molar-refractivity contribution in [2.75, 3.05) is 31.1 Å². The number of amides is 2. The topological polar surface area (TPSA) is 52.6 Å². The molecule has 1 saturated heterocycles. The summed E-state index contributed by atoms with van der Waals surface area (Å²) in [5.74, 6) is -0.177. The summed E-state index contributed by atoms with van der Waals surface area (Å²) in [4.78, 5) is 30.0. The Morgan fingerprint density at radius 2 is 1.55 bits per heavy atom. The van der Waals surface area contributed by atoms with Crippen LogP contribution >= 0.6 is 0 Å². The number of rotatable bonds is 5. The van der Waals surface area contributed by atoms with Gasteiger partial charge in [-0.2, -0.15) is 0 Å². The molecule has 0 spiro atoms. The Kier molecular flexibility index (Phi) is 6.57. The molecule has 0 radical (unpaired) electrons. The van der Waals surface area contributed by atoms with Gasteiger partial charge in [-0.1, -0.05) is 44.2 Å². The van der Waals surface area contributed by atoms with E-state index in [1.807, 2.05) is 36.9 Å². The predicted molar refractivity (Wildman–Crippen MR) is 117 cm³/mol. The highest BCUT2D eigenvalue weighted by molar-refractivity contribution is 5.97. The first-order valence-corrected chi connectivity index (χ1v) is 10.3. The number of carbonyl (C=O) groups excluding carboxylic acids is 2. The van der Waals surface area contributed by atoms with E-state index in [1.165, 1.54) is 16.8 Å². The number of aryl methyl sites for hydroxylation is 1. The number of nitrogens with one attached hydrogen (secondary N) is 1. The smallest absolute Gasteiger partial charge is 0.251 e. The lowest BCUT2D eigenvalue weighted by molar-refractivity contribution is -0.134. The lowest BCUT2D eigenvalue weighted by Crippen LogP contribution is -2.56. The van der Waals surface area contributed by atoms with Gasteiger partial charge in [-0.15, -0.1) is 0 Å². The predicted octanol–water partition coefficient (Wildman–Crippen LogP) is 3.41. The number of carbonyl (C=O) groups is 2. The zero-order valence-electron chi connectivity index (χ0n) is 17.8. The van der Waals surface area contributed by atoms with Crippen LogP contribution in [-0.2, 0) is 4.79 Å². The van der Waals surface area contributed by atoms with E-state index in [9.17, 15) is 9.59 Å². The van der Waals surface area contributed by atoms with Gasteiger partial charge in [0.05, 0.1) is 0 Å². The highest BCUT2D eigenvalue weighted by Crippen LogP contribution is 2.24. The number of anilines is 1. The van der Waals surface area contributed by atoms with E-state index >= 15 is 0 Å². The summed E-state index contributed by atoms with van der Waals surface area (Å²) in [6.45, 7) is 11.1. The SMILES string of the molecule is Cc1cccc(N2CCN(C(=O)C(NC(=O)c3ccccc3)C(C)C)CC2)c1C. The van der Waals surface area contributed by atoms with Gasteiger partial charge in [0, 0.05) is 37.4 Å². The third kappa shape index (κ3) is 4.78. The fraction of sp³-hybridized carbons (Fsp3) is 0.417. The molecule has 154 valence electrons. The number of piperazine rings is 1. The van der Waals surface area contributed by atoms with E-state index in [1.54, 1.807) is 12.1 Å². The molecule has 2 aromatic carbocycles. The van der Waals surface area contributed by atoms with Crippen molar-refractivity contribution in [2.45, 2.75) is 33.7 Å². The summed E-state index contributed by atoms with van der Waals surface area (Å²) in [6, 6.07) is 14.9. The van der Waals surface area contributed by atoms with E-state index in [0.29, 0.717) is 18.7 Å². The molecule has 1 aliphatic rings. The fourth-order valence-electron chi connectivity index (χ4n) is 3.77. The van der Waals surface area contributed by atoms with Crippen LogP contribution in [0.5, 0.6) is 0 Å². The van der Waals surface area contributed by atoms with Gasteiger partial charge >= 0.3 is 0 Å². The monoisotopic (exact) mass is 393 g/mol. The summed E-state index contributed by atoms with van der Waals surface area (Å²) in [7, 11) is 0. The Morgan fingerprint density at radius 1 is 0.897 bits per heavy atom. The van der Waals surface area contributed by atoms with Crippen molar-refractivity contribution in [1.82, 2.24) is 10.2 Å². The lowest BCUT2D eigenvalue weighted by Gasteiger charge is -2.39. The maximum Gasteiger partial charge on any atom is 0.251 e. The van der Waals surface area contributed by atoms with Crippen molar-refractivity contribution < 1.29 is 9.59 Å². The van der Waals surface area contributed by atoms with Gasteiger partial charge < -0.3 is 15.1 Å². The van der Waals surface area contributed by atoms with E-state index in [2.05, 4.69) is 42.3 Å². The summed E-state index contributed by atoms with van der Waals surface area (Å²) >= 11 is 0. The second-order valence-corrected chi connectivity index (χ2v) is 8.09. The molecule has 0 aromatic heterocycles. The van der Waals surface area contributed by atoms with Crippen LogP contribution in [0, 0.1) is 19.8 Å². The average molecular weight is 394 g/mol. The van der Waals surface area contributed by atoms with Crippen LogP contribution in [0.25, 0.3) is 0 Å². The molecule has 0 saturated carbocycles. The van der Waals surface area contributed by atoms with Crippen molar-refractivity contribution in [3.05, 3.63) is 65.2 Å². The lowest BCUT2D eigenvalue weighted by atomic mass is 10.0. The maximum absolute atomic E-state index is 13.2. The normalized spacial score (nSPS) is 15.3. The third-order valence-electron chi connectivity index (χ3n) is 5.76. The van der Waals surface area contributed by atoms with E-state index in [0.717, 1.165) is 13.1 Å². The van der Waals surface area contributed by atoms with Gasteiger partial charge in [0.25, 0.3) is 5.91 Å². The molecule has 29 heavy (non-hydrogen) atoms. The van der Waals surface area contributed by atoms with Gasteiger partial charge in [-0.25, -0.2) is 0 Å². The Hall–Kier alpha value is -2.82. The first-order chi connectivity index (χ1) is 13.9. The summed E-state index contributed by atoms with van der Waals surface area (Å²) < 4.78 is 0. The van der Waals surface area contributed by atoms with Crippen molar-refractivity contribution in [1.29, 1.82) is 0 Å². The average Bonchev–Trinajstić information content (AvgIpc) is 2.74. The molecular weight excluding hydrogens is 362 g/mol. The molecule has 2 amide bonds. The summed E-state index contributed by atoms with van der Waals surface area (Å²) in [5, 5.41) is 2.95. The summed E-state index contributed by atoms with van der Waals surface area (Å²) in [6.07, 6.45) is 0. The fourth-order valence-corrected chi connectivity index (χ4v) is 3.77. The number of benzene rings is 2. The number of hydrogen-bond donors (Lipinski definition) is 1. The van der Waals surface area contributed by atoms with Crippen LogP contribution in [0.1, 0.15) is 35.3 Å². The minimum atomic E-state index is -0.519. The van der Waals surface area contributed by atoms with Crippen molar-refractivity contribution in [2.24, 2.45) is 5.92 Å². The second-order valence-electron chi connectivity index (χ2n) is 8.09. The minimum absolute atomic E-state index is 0.00453. The molecule has 1 unspecified atom stereocenters. The van der Waals surface area contributed by atoms with Gasteiger partial charge in [-0.3, -0.25) is 9.59 Å². The molecule has 3 rings (SSSR count). The summed E-state index contributed by atoms with van der Waals surface area (Å²) in [5.41, 5.74) is 4.40. The molecule has 1 heterocycles. The van der Waals surface area contributed by atoms with Gasteiger partial charge in [0.2, 0.25) is 5.91 Å². The minimum Gasteiger partial charge on any atom is -0.368 e. The third-order valence-corrected chi connectivity index (χ3v) is 5.76. The molecule has 1 fully saturated rings. The maximum atomic E-state index is 13.2. The zero-order valence-corrected chi connectivity index (χ0v) is 17.8. The molecule has 0 bridgehead atoms. The van der Waals surface area contributed by atoms with Crippen LogP contribution in [0.15, 0.2) is 48.5 Å². The highest BCUT2D eigenvalue weighted by Gasteiger charge is 2.31. The zero-order chi connectivity index (χ0) is 21.0. The largest absolute Gasteiger partial charge is 0.368 e. The van der Waals surface area contributed by atoms with E-state index in [4.69, 9.17) is 0 Å². The molecule has 5 nitrogen and oxygen atoms in total. The van der Waals surface area contributed by atoms with Crippen molar-refractivity contribution >= 4 is 17.5 Å².